The van der Waals surface area contributed by atoms with Crippen LogP contribution in [0.2, 0.25) is 5.02 Å². The highest BCUT2D eigenvalue weighted by Crippen LogP contribution is 2.25. The second-order valence-corrected chi connectivity index (χ2v) is 9.02. The summed E-state index contributed by atoms with van der Waals surface area (Å²) < 4.78 is 23.3. The van der Waals surface area contributed by atoms with Crippen molar-refractivity contribution in [3.8, 4) is 11.4 Å². The van der Waals surface area contributed by atoms with E-state index in [9.17, 15) is 8.42 Å². The highest BCUT2D eigenvalue weighted by molar-refractivity contribution is 7.91. The number of benzene rings is 1. The molecule has 0 saturated carbocycles. The molecule has 2 aromatic rings. The van der Waals surface area contributed by atoms with Crippen LogP contribution >= 0.6 is 11.6 Å². The lowest BCUT2D eigenvalue weighted by Crippen LogP contribution is -2.40. The second kappa shape index (κ2) is 6.69. The number of rotatable bonds is 3. The Morgan fingerprint density at radius 2 is 1.71 bits per heavy atom. The standard InChI is InChI=1S/C17H20ClN3O2S/c1-12(2)15-11-16(21-7-9-24(22,23)10-8-21)20-17(19-15)13-3-5-14(18)6-4-13/h3-6,11-12H,7-10H2,1-2H3. The molecule has 0 aliphatic carbocycles. The van der Waals surface area contributed by atoms with Gasteiger partial charge in [0.05, 0.1) is 11.5 Å². The minimum absolute atomic E-state index is 0.171. The van der Waals surface area contributed by atoms with Gasteiger partial charge in [-0.2, -0.15) is 0 Å². The lowest BCUT2D eigenvalue weighted by molar-refractivity contribution is 0.586. The fraction of sp³-hybridized carbons (Fsp3) is 0.412. The molecule has 0 radical (unpaired) electrons. The van der Waals surface area contributed by atoms with Gasteiger partial charge < -0.3 is 4.90 Å². The van der Waals surface area contributed by atoms with Crippen molar-refractivity contribution >= 4 is 27.3 Å². The normalized spacial score (nSPS) is 17.2. The zero-order valence-corrected chi connectivity index (χ0v) is 15.3. The predicted molar refractivity (Wildman–Crippen MR) is 97.4 cm³/mol. The number of halogens is 1. The van der Waals surface area contributed by atoms with Crippen LogP contribution in [-0.4, -0.2) is 43.0 Å². The van der Waals surface area contributed by atoms with Crippen LogP contribution in [0.1, 0.15) is 25.5 Å². The molecule has 1 aliphatic heterocycles. The van der Waals surface area contributed by atoms with Gasteiger partial charge in [0.15, 0.2) is 15.7 Å². The van der Waals surface area contributed by atoms with E-state index in [4.69, 9.17) is 11.6 Å². The van der Waals surface area contributed by atoms with Crippen LogP contribution in [0.5, 0.6) is 0 Å². The Morgan fingerprint density at radius 1 is 1.08 bits per heavy atom. The maximum absolute atomic E-state index is 11.7. The molecular formula is C17H20ClN3O2S. The topological polar surface area (TPSA) is 63.2 Å². The summed E-state index contributed by atoms with van der Waals surface area (Å²) in [7, 11) is -2.92. The molecule has 0 amide bonds. The van der Waals surface area contributed by atoms with Crippen LogP contribution in [0.4, 0.5) is 5.82 Å². The van der Waals surface area contributed by atoms with Gasteiger partial charge >= 0.3 is 0 Å². The quantitative estimate of drug-likeness (QED) is 0.836. The summed E-state index contributed by atoms with van der Waals surface area (Å²) in [6.45, 7) is 5.10. The smallest absolute Gasteiger partial charge is 0.161 e. The molecule has 1 saturated heterocycles. The van der Waals surface area contributed by atoms with Crippen molar-refractivity contribution in [2.75, 3.05) is 29.5 Å². The zero-order chi connectivity index (χ0) is 17.3. The lowest BCUT2D eigenvalue weighted by Gasteiger charge is -2.28. The number of aromatic nitrogens is 2. The Bertz CT molecular complexity index is 821. The average molecular weight is 366 g/mol. The molecule has 1 aromatic heterocycles. The molecule has 0 atom stereocenters. The summed E-state index contributed by atoms with van der Waals surface area (Å²) in [6, 6.07) is 9.38. The molecule has 1 aromatic carbocycles. The van der Waals surface area contributed by atoms with Crippen LogP contribution in [0, 0.1) is 0 Å². The summed E-state index contributed by atoms with van der Waals surface area (Å²) >= 11 is 5.95. The molecule has 1 aliphatic rings. The average Bonchev–Trinajstić information content (AvgIpc) is 2.55. The molecule has 2 heterocycles. The minimum atomic E-state index is -2.92. The van der Waals surface area contributed by atoms with E-state index in [2.05, 4.69) is 23.8 Å². The molecule has 7 heteroatoms. The van der Waals surface area contributed by atoms with E-state index in [0.717, 1.165) is 17.1 Å². The number of hydrogen-bond donors (Lipinski definition) is 0. The van der Waals surface area contributed by atoms with Crippen LogP contribution in [0.3, 0.4) is 0 Å². The lowest BCUT2D eigenvalue weighted by atomic mass is 10.1. The number of nitrogens with zero attached hydrogens (tertiary/aromatic N) is 3. The Kier molecular flexibility index (Phi) is 4.78. The third-order valence-electron chi connectivity index (χ3n) is 4.09. The third-order valence-corrected chi connectivity index (χ3v) is 5.96. The number of hydrogen-bond acceptors (Lipinski definition) is 5. The summed E-state index contributed by atoms with van der Waals surface area (Å²) in [6.07, 6.45) is 0. The number of anilines is 1. The van der Waals surface area contributed by atoms with Crippen LogP contribution < -0.4 is 4.90 Å². The van der Waals surface area contributed by atoms with Gasteiger partial charge in [0.2, 0.25) is 0 Å². The first kappa shape index (κ1) is 17.2. The molecule has 1 fully saturated rings. The van der Waals surface area contributed by atoms with E-state index >= 15 is 0 Å². The van der Waals surface area contributed by atoms with Gasteiger partial charge in [-0.3, -0.25) is 0 Å². The predicted octanol–water partition coefficient (Wildman–Crippen LogP) is 3.16. The molecule has 0 spiro atoms. The van der Waals surface area contributed by atoms with Crippen LogP contribution in [-0.2, 0) is 9.84 Å². The van der Waals surface area contributed by atoms with Gasteiger partial charge in [-0.05, 0) is 30.2 Å². The molecule has 3 rings (SSSR count). The van der Waals surface area contributed by atoms with Gasteiger partial charge in [0.25, 0.3) is 0 Å². The van der Waals surface area contributed by atoms with Crippen LogP contribution in [0.15, 0.2) is 30.3 Å². The van der Waals surface area contributed by atoms with Crippen molar-refractivity contribution in [3.05, 3.63) is 41.0 Å². The minimum Gasteiger partial charge on any atom is -0.354 e. The van der Waals surface area contributed by atoms with Crippen molar-refractivity contribution in [2.45, 2.75) is 19.8 Å². The SMILES string of the molecule is CC(C)c1cc(N2CCS(=O)(=O)CC2)nc(-c2ccc(Cl)cc2)n1. The first-order valence-electron chi connectivity index (χ1n) is 7.94. The Labute approximate surface area is 147 Å². The van der Waals surface area contributed by atoms with E-state index in [1.807, 2.05) is 35.2 Å². The molecular weight excluding hydrogens is 346 g/mol. The van der Waals surface area contributed by atoms with Crippen molar-refractivity contribution < 1.29 is 8.42 Å². The molecule has 0 bridgehead atoms. The van der Waals surface area contributed by atoms with E-state index in [1.165, 1.54) is 0 Å². The van der Waals surface area contributed by atoms with E-state index < -0.39 is 9.84 Å². The van der Waals surface area contributed by atoms with E-state index in [0.29, 0.717) is 23.9 Å². The fourth-order valence-electron chi connectivity index (χ4n) is 2.58. The van der Waals surface area contributed by atoms with Gasteiger partial charge in [0, 0.05) is 35.4 Å². The summed E-state index contributed by atoms with van der Waals surface area (Å²) in [5.41, 5.74) is 1.84. The molecule has 0 unspecified atom stereocenters. The summed E-state index contributed by atoms with van der Waals surface area (Å²) in [5, 5.41) is 0.667. The summed E-state index contributed by atoms with van der Waals surface area (Å²) in [5.74, 6) is 2.02. The monoisotopic (exact) mass is 365 g/mol. The van der Waals surface area contributed by atoms with Gasteiger partial charge in [-0.1, -0.05) is 25.4 Å². The maximum Gasteiger partial charge on any atom is 0.161 e. The van der Waals surface area contributed by atoms with Gasteiger partial charge in [0.1, 0.15) is 5.82 Å². The molecule has 24 heavy (non-hydrogen) atoms. The Morgan fingerprint density at radius 3 is 2.29 bits per heavy atom. The number of sulfone groups is 1. The van der Waals surface area contributed by atoms with Gasteiger partial charge in [-0.25, -0.2) is 18.4 Å². The summed E-state index contributed by atoms with van der Waals surface area (Å²) in [4.78, 5) is 11.3. The van der Waals surface area contributed by atoms with Gasteiger partial charge in [-0.15, -0.1) is 0 Å². The first-order chi connectivity index (χ1) is 11.3. The zero-order valence-electron chi connectivity index (χ0n) is 13.7. The highest BCUT2D eigenvalue weighted by atomic mass is 35.5. The Balaban J connectivity index is 1.99. The molecule has 5 nitrogen and oxygen atoms in total. The molecule has 128 valence electrons. The fourth-order valence-corrected chi connectivity index (χ4v) is 3.91. The molecule has 0 N–H and O–H groups in total. The van der Waals surface area contributed by atoms with Crippen LogP contribution in [0.25, 0.3) is 11.4 Å². The highest BCUT2D eigenvalue weighted by Gasteiger charge is 2.23. The van der Waals surface area contributed by atoms with Crippen molar-refractivity contribution in [1.82, 2.24) is 9.97 Å². The second-order valence-electron chi connectivity index (χ2n) is 6.28. The van der Waals surface area contributed by atoms with Crippen molar-refractivity contribution in [2.24, 2.45) is 0 Å². The largest absolute Gasteiger partial charge is 0.354 e. The van der Waals surface area contributed by atoms with E-state index in [-0.39, 0.29) is 17.4 Å². The van der Waals surface area contributed by atoms with Crippen molar-refractivity contribution in [1.29, 1.82) is 0 Å². The maximum atomic E-state index is 11.7. The van der Waals surface area contributed by atoms with E-state index in [1.54, 1.807) is 0 Å². The Hall–Kier alpha value is -1.66. The third kappa shape index (κ3) is 3.87. The first-order valence-corrected chi connectivity index (χ1v) is 10.1. The van der Waals surface area contributed by atoms with Crippen molar-refractivity contribution in [3.63, 3.8) is 0 Å².